The number of carbonyl (C=O) groups excluding carboxylic acids is 3. The number of rotatable bonds is 8. The summed E-state index contributed by atoms with van der Waals surface area (Å²) in [7, 11) is 0. The molecule has 3 aromatic rings. The van der Waals surface area contributed by atoms with Gasteiger partial charge < -0.3 is 20.2 Å². The lowest BCUT2D eigenvalue weighted by Gasteiger charge is -2.31. The summed E-state index contributed by atoms with van der Waals surface area (Å²) in [5.74, 6) is -3.31. The fraction of sp³-hybridized carbons (Fsp3) is 0.192. The molecule has 2 unspecified atom stereocenters. The van der Waals surface area contributed by atoms with Gasteiger partial charge in [0, 0.05) is 48.7 Å². The minimum Gasteiger partial charge on any atom is -0.481 e. The Morgan fingerprint density at radius 3 is 2.23 bits per heavy atom. The molecule has 1 aromatic heterocycles. The van der Waals surface area contributed by atoms with Crippen LogP contribution in [0.3, 0.4) is 0 Å². The Labute approximate surface area is 237 Å². The van der Waals surface area contributed by atoms with E-state index in [1.54, 1.807) is 0 Å². The number of aromatic nitrogens is 1. The highest BCUT2D eigenvalue weighted by molar-refractivity contribution is 6.42. The molecule has 0 saturated carbocycles. The smallest absolute Gasteiger partial charge is 0.305 e. The average molecular weight is 586 g/mol. The maximum atomic E-state index is 13.8. The van der Waals surface area contributed by atoms with Crippen molar-refractivity contribution in [2.45, 2.75) is 18.6 Å². The molecule has 1 saturated heterocycles. The Kier molecular flexibility index (Phi) is 8.61. The van der Waals surface area contributed by atoms with Crippen molar-refractivity contribution in [3.63, 3.8) is 0 Å². The third-order valence-electron chi connectivity index (χ3n) is 6.20. The molecule has 14 heteroatoms. The van der Waals surface area contributed by atoms with Gasteiger partial charge in [0.05, 0.1) is 27.4 Å². The number of nitrogens with one attached hydrogen (secondary N) is 1. The highest BCUT2D eigenvalue weighted by Crippen LogP contribution is 2.27. The number of pyridine rings is 1. The summed E-state index contributed by atoms with van der Waals surface area (Å²) in [5, 5.41) is 23.7. The molecule has 2 N–H and O–H groups in total. The van der Waals surface area contributed by atoms with Gasteiger partial charge in [0.2, 0.25) is 0 Å². The fourth-order valence-corrected chi connectivity index (χ4v) is 4.62. The molecule has 2 aromatic carbocycles. The summed E-state index contributed by atoms with van der Waals surface area (Å²) in [6.07, 6.45) is 0.723. The third-order valence-corrected chi connectivity index (χ3v) is 6.94. The van der Waals surface area contributed by atoms with Crippen LogP contribution >= 0.6 is 23.2 Å². The number of non-ortho nitro benzene ring substituents is 1. The normalized spacial score (nSPS) is 15.4. The first-order valence-corrected chi connectivity index (χ1v) is 12.6. The van der Waals surface area contributed by atoms with Gasteiger partial charge in [-0.3, -0.25) is 34.3 Å². The van der Waals surface area contributed by atoms with Gasteiger partial charge in [-0.15, -0.1) is 0 Å². The number of nitro groups is 1. The van der Waals surface area contributed by atoms with Crippen LogP contribution in [0.2, 0.25) is 10.0 Å². The van der Waals surface area contributed by atoms with Crippen molar-refractivity contribution >= 4 is 52.6 Å². The van der Waals surface area contributed by atoms with Crippen LogP contribution in [0.5, 0.6) is 0 Å². The zero-order valence-corrected chi connectivity index (χ0v) is 22.1. The quantitative estimate of drug-likeness (QED) is 0.299. The van der Waals surface area contributed by atoms with Crippen molar-refractivity contribution in [3.05, 3.63) is 104 Å². The van der Waals surface area contributed by atoms with Gasteiger partial charge in [0.1, 0.15) is 0 Å². The first-order valence-electron chi connectivity index (χ1n) is 11.8. The summed E-state index contributed by atoms with van der Waals surface area (Å²) < 4.78 is 0. The number of nitrogens with zero attached hydrogens (tertiary/aromatic N) is 4. The van der Waals surface area contributed by atoms with Crippen LogP contribution in [0, 0.1) is 10.1 Å². The van der Waals surface area contributed by atoms with E-state index in [1.165, 1.54) is 70.7 Å². The molecule has 0 bridgehead atoms. The van der Waals surface area contributed by atoms with Gasteiger partial charge in [-0.2, -0.15) is 0 Å². The van der Waals surface area contributed by atoms with Crippen LogP contribution in [-0.2, 0) is 9.59 Å². The number of amides is 3. The van der Waals surface area contributed by atoms with E-state index in [0.717, 1.165) is 6.07 Å². The lowest BCUT2D eigenvalue weighted by Crippen LogP contribution is -2.54. The van der Waals surface area contributed by atoms with Gasteiger partial charge in [0.15, 0.2) is 6.17 Å². The first-order chi connectivity index (χ1) is 19.1. The molecule has 206 valence electrons. The molecule has 12 nitrogen and oxygen atoms in total. The second kappa shape index (κ2) is 12.1. The molecule has 2 heterocycles. The van der Waals surface area contributed by atoms with Crippen molar-refractivity contribution in [1.82, 2.24) is 20.1 Å². The highest BCUT2D eigenvalue weighted by atomic mass is 35.5. The molecular formula is C26H21Cl2N5O7. The molecule has 3 amide bonds. The van der Waals surface area contributed by atoms with Gasteiger partial charge in [-0.1, -0.05) is 35.3 Å². The highest BCUT2D eigenvalue weighted by Gasteiger charge is 2.44. The Hall–Kier alpha value is -4.55. The van der Waals surface area contributed by atoms with Crippen molar-refractivity contribution in [2.24, 2.45) is 0 Å². The summed E-state index contributed by atoms with van der Waals surface area (Å²) in [6, 6.07) is 11.1. The zero-order chi connectivity index (χ0) is 29.0. The summed E-state index contributed by atoms with van der Waals surface area (Å²) in [4.78, 5) is 69.2. The number of hydrogen-bond acceptors (Lipinski definition) is 7. The molecule has 0 radical (unpaired) electrons. The Morgan fingerprint density at radius 2 is 1.62 bits per heavy atom. The predicted octanol–water partition coefficient (Wildman–Crippen LogP) is 3.55. The molecule has 2 atom stereocenters. The van der Waals surface area contributed by atoms with Crippen LogP contribution in [-0.4, -0.2) is 67.8 Å². The van der Waals surface area contributed by atoms with Gasteiger partial charge in [-0.05, 0) is 35.9 Å². The van der Waals surface area contributed by atoms with E-state index in [4.69, 9.17) is 23.2 Å². The van der Waals surface area contributed by atoms with E-state index in [2.05, 4.69) is 10.3 Å². The SMILES string of the molecule is O=C(O)CC(NC(=O)C1N(C(=O)c2ccncc2)CCN1C(=O)c1ccc(Cl)c(Cl)c1)c1cccc([N+](=O)[O-])c1. The number of benzene rings is 2. The van der Waals surface area contributed by atoms with Crippen LogP contribution < -0.4 is 5.32 Å². The van der Waals surface area contributed by atoms with E-state index in [0.29, 0.717) is 0 Å². The Morgan fingerprint density at radius 1 is 0.975 bits per heavy atom. The standard InChI is InChI=1S/C26H21Cl2N5O7/c27-19-5-4-17(13-20(19)28)26(38)32-11-10-31(25(37)15-6-8-29-9-7-15)24(32)23(36)30-21(14-22(34)35)16-2-1-3-18(12-16)33(39)40/h1-9,12-13,21,24H,10-11,14H2,(H,30,36)(H,34,35). The number of aliphatic carboxylic acids is 1. The van der Waals surface area contributed by atoms with Crippen molar-refractivity contribution < 1.29 is 29.2 Å². The second-order valence-corrected chi connectivity index (χ2v) is 9.56. The number of nitro benzene ring substituents is 1. The molecule has 1 aliphatic rings. The Balaban J connectivity index is 1.70. The van der Waals surface area contributed by atoms with Crippen molar-refractivity contribution in [3.8, 4) is 0 Å². The zero-order valence-electron chi connectivity index (χ0n) is 20.6. The number of carbonyl (C=O) groups is 4. The molecule has 1 fully saturated rings. The summed E-state index contributed by atoms with van der Waals surface area (Å²) in [5.41, 5.74) is 0.204. The second-order valence-electron chi connectivity index (χ2n) is 8.75. The molecule has 40 heavy (non-hydrogen) atoms. The minimum absolute atomic E-state index is 0.00723. The molecule has 4 rings (SSSR count). The summed E-state index contributed by atoms with van der Waals surface area (Å²) >= 11 is 12.1. The maximum absolute atomic E-state index is 13.8. The van der Waals surface area contributed by atoms with Crippen LogP contribution in [0.15, 0.2) is 67.0 Å². The predicted molar refractivity (Wildman–Crippen MR) is 143 cm³/mol. The van der Waals surface area contributed by atoms with Gasteiger partial charge >= 0.3 is 5.97 Å². The van der Waals surface area contributed by atoms with E-state index in [9.17, 15) is 34.4 Å². The fourth-order valence-electron chi connectivity index (χ4n) is 4.32. The first kappa shape index (κ1) is 28.5. The molecule has 0 aliphatic carbocycles. The third kappa shape index (κ3) is 6.19. The van der Waals surface area contributed by atoms with Gasteiger partial charge in [-0.25, -0.2) is 0 Å². The number of carboxylic acid groups (broad SMARTS) is 1. The van der Waals surface area contributed by atoms with Crippen molar-refractivity contribution in [2.75, 3.05) is 13.1 Å². The van der Waals surface area contributed by atoms with Crippen LogP contribution in [0.25, 0.3) is 0 Å². The number of hydrogen-bond donors (Lipinski definition) is 2. The Bertz CT molecular complexity index is 1490. The van der Waals surface area contributed by atoms with E-state index in [-0.39, 0.29) is 45.5 Å². The topological polar surface area (TPSA) is 163 Å². The maximum Gasteiger partial charge on any atom is 0.305 e. The molecule has 1 aliphatic heterocycles. The van der Waals surface area contributed by atoms with E-state index in [1.807, 2.05) is 0 Å². The van der Waals surface area contributed by atoms with E-state index < -0.39 is 47.2 Å². The lowest BCUT2D eigenvalue weighted by atomic mass is 10.0. The number of halogens is 2. The largest absolute Gasteiger partial charge is 0.481 e. The lowest BCUT2D eigenvalue weighted by molar-refractivity contribution is -0.384. The molecule has 0 spiro atoms. The molecular weight excluding hydrogens is 565 g/mol. The van der Waals surface area contributed by atoms with Crippen LogP contribution in [0.4, 0.5) is 5.69 Å². The summed E-state index contributed by atoms with van der Waals surface area (Å²) in [6.45, 7) is -0.0267. The van der Waals surface area contributed by atoms with Crippen LogP contribution in [0.1, 0.15) is 38.7 Å². The van der Waals surface area contributed by atoms with Gasteiger partial charge in [0.25, 0.3) is 23.4 Å². The van der Waals surface area contributed by atoms with E-state index >= 15 is 0 Å². The monoisotopic (exact) mass is 585 g/mol. The minimum atomic E-state index is -1.47. The number of carboxylic acids is 1. The average Bonchev–Trinajstić information content (AvgIpc) is 3.39. The van der Waals surface area contributed by atoms with Crippen molar-refractivity contribution in [1.29, 1.82) is 0 Å².